The average molecular weight is 640 g/mol. The Bertz CT molecular complexity index is 1800. The maximum Gasteiger partial charge on any atom is 0.265 e. The van der Waals surface area contributed by atoms with Gasteiger partial charge in [0.25, 0.3) is 10.0 Å². The number of hydrogen-bond acceptors (Lipinski definition) is 5. The number of benzene rings is 4. The molecule has 0 spiro atoms. The molecular formula is C37H41N3O5S. The van der Waals surface area contributed by atoms with Gasteiger partial charge in [-0.05, 0) is 60.0 Å². The lowest BCUT2D eigenvalue weighted by atomic mass is 9.94. The molecule has 0 radical (unpaired) electrons. The van der Waals surface area contributed by atoms with Gasteiger partial charge in [0.2, 0.25) is 11.8 Å². The summed E-state index contributed by atoms with van der Waals surface area (Å²) in [5.74, 6) is 0.315. The molecule has 1 aliphatic carbocycles. The lowest BCUT2D eigenvalue weighted by molar-refractivity contribution is -0.141. The summed E-state index contributed by atoms with van der Waals surface area (Å²) in [6.45, 7) is 0.380. The highest BCUT2D eigenvalue weighted by atomic mass is 32.2. The van der Waals surface area contributed by atoms with Crippen LogP contribution < -0.4 is 14.4 Å². The summed E-state index contributed by atoms with van der Waals surface area (Å²) >= 11 is 0. The van der Waals surface area contributed by atoms with E-state index < -0.39 is 16.1 Å². The molecule has 6 rings (SSSR count). The van der Waals surface area contributed by atoms with E-state index in [1.165, 1.54) is 10.7 Å². The Morgan fingerprint density at radius 3 is 2.39 bits per heavy atom. The number of methoxy groups -OCH3 is 1. The SMILES string of the molecule is COc1cccc(CN(C(=O)CCCN2c3cccc4cccc(c34)S2(=O)=O)C(Cc2ccccc2)C(=O)NC2CCCCC2)c1. The Morgan fingerprint density at radius 1 is 0.913 bits per heavy atom. The Balaban J connectivity index is 1.26. The zero-order valence-electron chi connectivity index (χ0n) is 26.2. The van der Waals surface area contributed by atoms with Crippen LogP contribution in [0.3, 0.4) is 0 Å². The number of carbonyl (C=O) groups excluding carboxylic acids is 2. The van der Waals surface area contributed by atoms with Gasteiger partial charge < -0.3 is 15.0 Å². The quantitative estimate of drug-likeness (QED) is 0.198. The van der Waals surface area contributed by atoms with Crippen LogP contribution >= 0.6 is 0 Å². The van der Waals surface area contributed by atoms with Crippen molar-refractivity contribution in [2.45, 2.75) is 74.9 Å². The van der Waals surface area contributed by atoms with E-state index >= 15 is 0 Å². The standard InChI is InChI=1S/C37H41N3O5S/c1-45-31-19-8-14-28(24-31)26-39(33(25-27-12-4-2-5-13-27)37(42)38-30-17-6-3-7-18-30)35(41)22-11-23-40-32-20-9-15-29-16-10-21-34(36(29)32)46(40,43)44/h2,4-5,8-10,12-16,19-21,24,30,33H,3,6-7,11,17-18,22-23,25-26H2,1H3,(H,38,42). The van der Waals surface area contributed by atoms with Crippen molar-refractivity contribution in [2.75, 3.05) is 18.0 Å². The van der Waals surface area contributed by atoms with Gasteiger partial charge >= 0.3 is 0 Å². The molecule has 4 aromatic carbocycles. The van der Waals surface area contributed by atoms with Crippen LogP contribution in [-0.4, -0.2) is 50.9 Å². The number of anilines is 1. The highest BCUT2D eigenvalue weighted by molar-refractivity contribution is 7.93. The van der Waals surface area contributed by atoms with Crippen molar-refractivity contribution in [1.82, 2.24) is 10.2 Å². The predicted molar refractivity (Wildman–Crippen MR) is 180 cm³/mol. The van der Waals surface area contributed by atoms with E-state index in [1.807, 2.05) is 78.9 Å². The van der Waals surface area contributed by atoms with Crippen molar-refractivity contribution in [3.63, 3.8) is 0 Å². The number of amides is 2. The highest BCUT2D eigenvalue weighted by Crippen LogP contribution is 2.42. The molecule has 240 valence electrons. The maximum absolute atomic E-state index is 14.2. The van der Waals surface area contributed by atoms with Crippen molar-refractivity contribution < 1.29 is 22.7 Å². The summed E-state index contributed by atoms with van der Waals surface area (Å²) in [4.78, 5) is 30.3. The van der Waals surface area contributed by atoms with Gasteiger partial charge in [-0.15, -0.1) is 0 Å². The van der Waals surface area contributed by atoms with Gasteiger partial charge in [-0.25, -0.2) is 8.42 Å². The zero-order chi connectivity index (χ0) is 32.1. The molecule has 46 heavy (non-hydrogen) atoms. The van der Waals surface area contributed by atoms with Gasteiger partial charge in [0.1, 0.15) is 11.8 Å². The lowest BCUT2D eigenvalue weighted by Crippen LogP contribution is -2.52. The van der Waals surface area contributed by atoms with Crippen LogP contribution in [0.25, 0.3) is 10.8 Å². The fourth-order valence-corrected chi connectivity index (χ4v) is 8.53. The molecule has 0 bridgehead atoms. The minimum atomic E-state index is -3.73. The number of nitrogens with one attached hydrogen (secondary N) is 1. The number of hydrogen-bond donors (Lipinski definition) is 1. The third kappa shape index (κ3) is 6.75. The Hall–Kier alpha value is -4.37. The topological polar surface area (TPSA) is 96.0 Å². The van der Waals surface area contributed by atoms with Crippen LogP contribution in [0, 0.1) is 0 Å². The maximum atomic E-state index is 14.2. The van der Waals surface area contributed by atoms with E-state index in [9.17, 15) is 18.0 Å². The van der Waals surface area contributed by atoms with Crippen molar-refractivity contribution in [3.8, 4) is 5.75 Å². The molecule has 1 fully saturated rings. The number of sulfonamides is 1. The first-order valence-corrected chi connectivity index (χ1v) is 17.6. The molecule has 1 heterocycles. The first kappa shape index (κ1) is 31.6. The molecule has 4 aromatic rings. The summed E-state index contributed by atoms with van der Waals surface area (Å²) in [5, 5.41) is 4.86. The molecule has 1 aliphatic heterocycles. The zero-order valence-corrected chi connectivity index (χ0v) is 27.0. The number of carbonyl (C=O) groups is 2. The monoisotopic (exact) mass is 639 g/mol. The van der Waals surface area contributed by atoms with Gasteiger partial charge in [0.05, 0.1) is 17.7 Å². The van der Waals surface area contributed by atoms with E-state index in [1.54, 1.807) is 24.1 Å². The fourth-order valence-electron chi connectivity index (χ4n) is 6.78. The molecule has 1 atom stereocenters. The van der Waals surface area contributed by atoms with Crippen molar-refractivity contribution in [2.24, 2.45) is 0 Å². The first-order valence-electron chi connectivity index (χ1n) is 16.2. The summed E-state index contributed by atoms with van der Waals surface area (Å²) in [7, 11) is -2.13. The molecule has 1 N–H and O–H groups in total. The second-order valence-electron chi connectivity index (χ2n) is 12.2. The third-order valence-corrected chi connectivity index (χ3v) is 11.0. The van der Waals surface area contributed by atoms with E-state index in [4.69, 9.17) is 4.74 Å². The van der Waals surface area contributed by atoms with Crippen LogP contribution in [-0.2, 0) is 32.6 Å². The molecule has 2 aliphatic rings. The summed E-state index contributed by atoms with van der Waals surface area (Å²) < 4.78 is 33.9. The fraction of sp³-hybridized carbons (Fsp3) is 0.351. The molecule has 8 nitrogen and oxygen atoms in total. The number of rotatable bonds is 12. The third-order valence-electron chi connectivity index (χ3n) is 9.14. The van der Waals surface area contributed by atoms with Crippen molar-refractivity contribution in [1.29, 1.82) is 0 Å². The van der Waals surface area contributed by atoms with Gasteiger partial charge in [0.15, 0.2) is 0 Å². The predicted octanol–water partition coefficient (Wildman–Crippen LogP) is 6.23. The summed E-state index contributed by atoms with van der Waals surface area (Å²) in [6, 6.07) is 27.6. The van der Waals surface area contributed by atoms with Crippen LogP contribution in [0.15, 0.2) is 95.9 Å². The van der Waals surface area contributed by atoms with Gasteiger partial charge in [-0.3, -0.25) is 13.9 Å². The second kappa shape index (κ2) is 14.0. The van der Waals surface area contributed by atoms with Gasteiger partial charge in [-0.1, -0.05) is 86.0 Å². The van der Waals surface area contributed by atoms with E-state index in [2.05, 4.69) is 5.32 Å². The first-order chi connectivity index (χ1) is 22.3. The van der Waals surface area contributed by atoms with Crippen LogP contribution in [0.5, 0.6) is 5.75 Å². The van der Waals surface area contributed by atoms with Gasteiger partial charge in [-0.2, -0.15) is 0 Å². The molecule has 0 saturated heterocycles. The average Bonchev–Trinajstić information content (AvgIpc) is 3.30. The summed E-state index contributed by atoms with van der Waals surface area (Å²) in [5.41, 5.74) is 2.45. The Labute approximate surface area is 271 Å². The molecule has 9 heteroatoms. The molecular weight excluding hydrogens is 598 g/mol. The van der Waals surface area contributed by atoms with Crippen molar-refractivity contribution >= 4 is 38.3 Å². The van der Waals surface area contributed by atoms with Crippen LogP contribution in [0.1, 0.15) is 56.1 Å². The summed E-state index contributed by atoms with van der Waals surface area (Å²) in [6.07, 6.45) is 5.97. The van der Waals surface area contributed by atoms with Crippen molar-refractivity contribution in [3.05, 3.63) is 102 Å². The normalized spacial score (nSPS) is 16.2. The van der Waals surface area contributed by atoms with E-state index in [0.717, 1.165) is 47.6 Å². The lowest BCUT2D eigenvalue weighted by Gasteiger charge is -2.34. The van der Waals surface area contributed by atoms with Gasteiger partial charge in [0, 0.05) is 37.4 Å². The molecule has 0 aromatic heterocycles. The second-order valence-corrected chi connectivity index (χ2v) is 14.1. The Morgan fingerprint density at radius 2 is 1.63 bits per heavy atom. The minimum Gasteiger partial charge on any atom is -0.497 e. The largest absolute Gasteiger partial charge is 0.497 e. The molecule has 1 saturated carbocycles. The van der Waals surface area contributed by atoms with E-state index in [0.29, 0.717) is 29.2 Å². The number of ether oxygens (including phenoxy) is 1. The minimum absolute atomic E-state index is 0.0876. The highest BCUT2D eigenvalue weighted by Gasteiger charge is 2.36. The number of nitrogens with zero attached hydrogens (tertiary/aromatic N) is 2. The Kier molecular flexibility index (Phi) is 9.59. The smallest absolute Gasteiger partial charge is 0.265 e. The van der Waals surface area contributed by atoms with Crippen LogP contribution in [0.4, 0.5) is 5.69 Å². The van der Waals surface area contributed by atoms with Crippen LogP contribution in [0.2, 0.25) is 0 Å². The molecule has 2 amide bonds. The molecule has 1 unspecified atom stereocenters. The van der Waals surface area contributed by atoms with E-state index in [-0.39, 0.29) is 37.4 Å².